The molecule has 1 amide bonds. The molecule has 0 saturated carbocycles. The van der Waals surface area contributed by atoms with Crippen LogP contribution in [0.15, 0.2) is 12.3 Å². The third kappa shape index (κ3) is 4.05. The van der Waals surface area contributed by atoms with E-state index in [2.05, 4.69) is 34.1 Å². The van der Waals surface area contributed by atoms with Crippen LogP contribution in [0.4, 0.5) is 8.78 Å². The van der Waals surface area contributed by atoms with Gasteiger partial charge in [0.15, 0.2) is 5.65 Å². The van der Waals surface area contributed by atoms with E-state index >= 15 is 0 Å². The average Bonchev–Trinajstić information content (AvgIpc) is 2.97. The van der Waals surface area contributed by atoms with Crippen LogP contribution in [0, 0.1) is 6.92 Å². The molecule has 0 spiro atoms. The normalized spacial score (nSPS) is 11.6. The van der Waals surface area contributed by atoms with Crippen LogP contribution >= 0.6 is 0 Å². The molecule has 132 valence electrons. The summed E-state index contributed by atoms with van der Waals surface area (Å²) in [4.78, 5) is 18.7. The number of halogens is 2. The summed E-state index contributed by atoms with van der Waals surface area (Å²) in [6.45, 7) is 9.15. The second-order valence-corrected chi connectivity index (χ2v) is 5.55. The van der Waals surface area contributed by atoms with Crippen molar-refractivity contribution in [2.24, 2.45) is 0 Å². The third-order valence-electron chi connectivity index (χ3n) is 3.93. The van der Waals surface area contributed by atoms with E-state index < -0.39 is 6.43 Å². The number of nitrogens with one attached hydrogen (secondary N) is 1. The van der Waals surface area contributed by atoms with E-state index in [1.165, 1.54) is 12.3 Å². The number of amides is 1. The number of fused-ring (bicyclic) bond motifs is 1. The molecule has 24 heavy (non-hydrogen) atoms. The Hall–Kier alpha value is -2.09. The van der Waals surface area contributed by atoms with Crippen LogP contribution in [-0.4, -0.2) is 51.6 Å². The fourth-order valence-electron chi connectivity index (χ4n) is 2.57. The van der Waals surface area contributed by atoms with Gasteiger partial charge < -0.3 is 10.2 Å². The lowest BCUT2D eigenvalue weighted by Crippen LogP contribution is -2.30. The molecule has 1 N–H and O–H groups in total. The van der Waals surface area contributed by atoms with Gasteiger partial charge in [-0.05, 0) is 39.0 Å². The van der Waals surface area contributed by atoms with Crippen molar-refractivity contribution in [1.29, 1.82) is 0 Å². The number of carbonyl (C=O) groups is 1. The highest BCUT2D eigenvalue weighted by atomic mass is 19.3. The highest BCUT2D eigenvalue weighted by molar-refractivity contribution is 5.99. The monoisotopic (exact) mass is 339 g/mol. The fraction of sp³-hybridized carbons (Fsp3) is 0.562. The van der Waals surface area contributed by atoms with Crippen LogP contribution < -0.4 is 5.32 Å². The molecule has 2 aromatic heterocycles. The lowest BCUT2D eigenvalue weighted by molar-refractivity contribution is 0.0953. The molecule has 8 heteroatoms. The van der Waals surface area contributed by atoms with Crippen molar-refractivity contribution in [2.45, 2.75) is 33.6 Å². The largest absolute Gasteiger partial charge is 0.352 e. The number of hydrogen-bond acceptors (Lipinski definition) is 4. The minimum absolute atomic E-state index is 0.159. The van der Waals surface area contributed by atoms with Gasteiger partial charge in [0.25, 0.3) is 12.3 Å². The number of alkyl halides is 2. The standard InChI is InChI=1S/C16H23F2N5O/c1-4-22(5-2)8-6-7-19-16(24)12-10-20-23-13(14(17)18)9-11(3)21-15(12)23/h9-10,14H,4-8H2,1-3H3,(H,19,24). The number of rotatable bonds is 8. The number of aromatic nitrogens is 3. The highest BCUT2D eigenvalue weighted by Crippen LogP contribution is 2.21. The molecule has 0 aliphatic rings. The predicted octanol–water partition coefficient (Wildman–Crippen LogP) is 2.44. The Kier molecular flexibility index (Phi) is 6.19. The Bertz CT molecular complexity index is 697. The maximum absolute atomic E-state index is 13.1. The molecule has 0 aromatic carbocycles. The lowest BCUT2D eigenvalue weighted by atomic mass is 10.2. The van der Waals surface area contributed by atoms with Crippen LogP contribution in [0.3, 0.4) is 0 Å². The first-order chi connectivity index (χ1) is 11.5. The molecule has 0 aliphatic heterocycles. The van der Waals surface area contributed by atoms with E-state index in [-0.39, 0.29) is 22.8 Å². The third-order valence-corrected chi connectivity index (χ3v) is 3.93. The zero-order valence-electron chi connectivity index (χ0n) is 14.2. The fourth-order valence-corrected chi connectivity index (χ4v) is 2.57. The maximum atomic E-state index is 13.1. The molecule has 2 heterocycles. The van der Waals surface area contributed by atoms with E-state index in [1.807, 2.05) is 0 Å². The summed E-state index contributed by atoms with van der Waals surface area (Å²) < 4.78 is 27.2. The Morgan fingerprint density at radius 1 is 1.38 bits per heavy atom. The van der Waals surface area contributed by atoms with Crippen molar-refractivity contribution in [1.82, 2.24) is 24.8 Å². The van der Waals surface area contributed by atoms with E-state index in [0.29, 0.717) is 12.2 Å². The van der Waals surface area contributed by atoms with Crippen LogP contribution in [0.1, 0.15) is 48.4 Å². The van der Waals surface area contributed by atoms with E-state index in [0.717, 1.165) is 30.6 Å². The van der Waals surface area contributed by atoms with E-state index in [4.69, 9.17) is 0 Å². The molecule has 0 radical (unpaired) electrons. The summed E-state index contributed by atoms with van der Waals surface area (Å²) in [5.41, 5.74) is 0.530. The Labute approximate surface area is 139 Å². The Morgan fingerprint density at radius 2 is 2.08 bits per heavy atom. The molecule has 0 aliphatic carbocycles. The zero-order chi connectivity index (χ0) is 17.7. The number of hydrogen-bond donors (Lipinski definition) is 1. The van der Waals surface area contributed by atoms with Gasteiger partial charge in [0.2, 0.25) is 0 Å². The van der Waals surface area contributed by atoms with E-state index in [1.54, 1.807) is 6.92 Å². The smallest absolute Gasteiger partial charge is 0.280 e. The maximum Gasteiger partial charge on any atom is 0.280 e. The molecule has 0 atom stereocenters. The van der Waals surface area contributed by atoms with Gasteiger partial charge in [-0.25, -0.2) is 18.3 Å². The van der Waals surface area contributed by atoms with E-state index in [9.17, 15) is 13.6 Å². The van der Waals surface area contributed by atoms with Crippen LogP contribution in [-0.2, 0) is 0 Å². The van der Waals surface area contributed by atoms with Crippen molar-refractivity contribution in [3.05, 3.63) is 29.2 Å². The van der Waals surface area contributed by atoms with Crippen LogP contribution in [0.25, 0.3) is 5.65 Å². The van der Waals surface area contributed by atoms with Crippen LogP contribution in [0.2, 0.25) is 0 Å². The van der Waals surface area contributed by atoms with Crippen molar-refractivity contribution < 1.29 is 13.6 Å². The van der Waals surface area contributed by atoms with Gasteiger partial charge in [0, 0.05) is 12.2 Å². The summed E-state index contributed by atoms with van der Waals surface area (Å²) in [6, 6.07) is 1.27. The second-order valence-electron chi connectivity index (χ2n) is 5.55. The molecular formula is C16H23F2N5O. The first-order valence-electron chi connectivity index (χ1n) is 8.11. The molecular weight excluding hydrogens is 316 g/mol. The molecule has 0 bridgehead atoms. The Morgan fingerprint density at radius 3 is 2.71 bits per heavy atom. The first-order valence-corrected chi connectivity index (χ1v) is 8.11. The van der Waals surface area contributed by atoms with Crippen LogP contribution in [0.5, 0.6) is 0 Å². The molecule has 2 rings (SSSR count). The first kappa shape index (κ1) is 18.3. The van der Waals surface area contributed by atoms with Gasteiger partial charge in [-0.3, -0.25) is 4.79 Å². The Balaban J connectivity index is 2.08. The quantitative estimate of drug-likeness (QED) is 0.751. The lowest BCUT2D eigenvalue weighted by Gasteiger charge is -2.17. The molecule has 6 nitrogen and oxygen atoms in total. The topological polar surface area (TPSA) is 62.5 Å². The summed E-state index contributed by atoms with van der Waals surface area (Å²) >= 11 is 0. The minimum atomic E-state index is -2.68. The van der Waals surface area contributed by atoms with Crippen molar-refractivity contribution in [3.63, 3.8) is 0 Å². The highest BCUT2D eigenvalue weighted by Gasteiger charge is 2.20. The number of aryl methyl sites for hydroxylation is 1. The zero-order valence-corrected chi connectivity index (χ0v) is 14.2. The predicted molar refractivity (Wildman–Crippen MR) is 87.4 cm³/mol. The van der Waals surface area contributed by atoms with Crippen molar-refractivity contribution in [3.8, 4) is 0 Å². The van der Waals surface area contributed by atoms with Gasteiger partial charge in [-0.2, -0.15) is 5.10 Å². The minimum Gasteiger partial charge on any atom is -0.352 e. The summed E-state index contributed by atoms with van der Waals surface area (Å²) in [5, 5.41) is 6.69. The van der Waals surface area contributed by atoms with Gasteiger partial charge in [-0.15, -0.1) is 0 Å². The number of nitrogens with zero attached hydrogens (tertiary/aromatic N) is 4. The van der Waals surface area contributed by atoms with Crippen molar-refractivity contribution in [2.75, 3.05) is 26.2 Å². The van der Waals surface area contributed by atoms with Gasteiger partial charge in [-0.1, -0.05) is 13.8 Å². The van der Waals surface area contributed by atoms with Crippen molar-refractivity contribution >= 4 is 11.6 Å². The summed E-state index contributed by atoms with van der Waals surface area (Å²) in [6.07, 6.45) is -0.576. The summed E-state index contributed by atoms with van der Waals surface area (Å²) in [7, 11) is 0. The van der Waals surface area contributed by atoms with Gasteiger partial charge >= 0.3 is 0 Å². The summed E-state index contributed by atoms with van der Waals surface area (Å²) in [5.74, 6) is -0.345. The number of carbonyl (C=O) groups excluding carboxylic acids is 1. The molecule has 0 saturated heterocycles. The SMILES string of the molecule is CCN(CC)CCCNC(=O)c1cnn2c(C(F)F)cc(C)nc12. The molecule has 0 fully saturated rings. The van der Waals surface area contributed by atoms with Gasteiger partial charge in [0.05, 0.1) is 6.20 Å². The molecule has 0 unspecified atom stereocenters. The second kappa shape index (κ2) is 8.14. The average molecular weight is 339 g/mol. The molecule has 2 aromatic rings. The van der Waals surface area contributed by atoms with Gasteiger partial charge in [0.1, 0.15) is 11.3 Å².